The van der Waals surface area contributed by atoms with E-state index in [4.69, 9.17) is 4.74 Å². The molecule has 1 fully saturated rings. The van der Waals surface area contributed by atoms with Crippen molar-refractivity contribution in [2.24, 2.45) is 5.92 Å². The van der Waals surface area contributed by atoms with Crippen molar-refractivity contribution in [2.45, 2.75) is 25.7 Å². The highest BCUT2D eigenvalue weighted by molar-refractivity contribution is 5.63. The van der Waals surface area contributed by atoms with Crippen LogP contribution >= 0.6 is 0 Å². The fraction of sp³-hybridized carbons (Fsp3) is 0.478. The number of hydrogen-bond donors (Lipinski definition) is 0. The molecule has 2 aromatic rings. The Labute approximate surface area is 157 Å². The van der Waals surface area contributed by atoms with E-state index in [2.05, 4.69) is 59.2 Å². The predicted molar refractivity (Wildman–Crippen MR) is 108 cm³/mol. The Hall–Kier alpha value is -2.00. The molecule has 0 saturated carbocycles. The van der Waals surface area contributed by atoms with Gasteiger partial charge in [0, 0.05) is 24.7 Å². The number of nitrogens with zero attached hydrogens (tertiary/aromatic N) is 2. The molecule has 0 aliphatic carbocycles. The van der Waals surface area contributed by atoms with Crippen LogP contribution in [0.5, 0.6) is 5.75 Å². The van der Waals surface area contributed by atoms with Crippen LogP contribution in [0.25, 0.3) is 0 Å². The first-order valence-corrected chi connectivity index (χ1v) is 9.98. The van der Waals surface area contributed by atoms with Crippen molar-refractivity contribution in [3.8, 4) is 5.75 Å². The van der Waals surface area contributed by atoms with Crippen molar-refractivity contribution >= 4 is 5.69 Å². The summed E-state index contributed by atoms with van der Waals surface area (Å²) in [6, 6.07) is 17.5. The van der Waals surface area contributed by atoms with Crippen molar-refractivity contribution in [1.29, 1.82) is 0 Å². The van der Waals surface area contributed by atoms with Crippen LogP contribution in [0, 0.1) is 5.92 Å². The number of likely N-dealkylation sites (tertiary alicyclic amines) is 1. The Kier molecular flexibility index (Phi) is 5.16. The van der Waals surface area contributed by atoms with E-state index in [0.29, 0.717) is 5.92 Å². The molecule has 0 N–H and O–H groups in total. The van der Waals surface area contributed by atoms with E-state index in [1.807, 2.05) is 6.07 Å². The zero-order chi connectivity index (χ0) is 17.9. The zero-order valence-electron chi connectivity index (χ0n) is 16.0. The molecule has 138 valence electrons. The third kappa shape index (κ3) is 3.45. The molecule has 0 amide bonds. The second kappa shape index (κ2) is 7.71. The van der Waals surface area contributed by atoms with Crippen LogP contribution in [0.15, 0.2) is 48.5 Å². The van der Waals surface area contributed by atoms with E-state index in [1.165, 1.54) is 55.8 Å². The Balaban J connectivity index is 1.53. The molecule has 2 aromatic carbocycles. The number of piperidine rings is 1. The summed E-state index contributed by atoms with van der Waals surface area (Å²) in [6.07, 6.45) is 2.66. The molecule has 3 nitrogen and oxygen atoms in total. The third-order valence-corrected chi connectivity index (χ3v) is 6.18. The van der Waals surface area contributed by atoms with E-state index in [0.717, 1.165) is 18.2 Å². The first-order valence-electron chi connectivity index (χ1n) is 9.98. The fourth-order valence-electron chi connectivity index (χ4n) is 4.60. The molecule has 1 saturated heterocycles. The van der Waals surface area contributed by atoms with Gasteiger partial charge in [0.05, 0.1) is 7.11 Å². The van der Waals surface area contributed by atoms with Gasteiger partial charge in [-0.1, -0.05) is 37.3 Å². The van der Waals surface area contributed by atoms with Gasteiger partial charge in [-0.2, -0.15) is 0 Å². The van der Waals surface area contributed by atoms with Crippen molar-refractivity contribution in [1.82, 2.24) is 4.90 Å². The topological polar surface area (TPSA) is 15.7 Å². The second-order valence-corrected chi connectivity index (χ2v) is 7.67. The van der Waals surface area contributed by atoms with Gasteiger partial charge in [0.2, 0.25) is 0 Å². The largest absolute Gasteiger partial charge is 0.497 e. The van der Waals surface area contributed by atoms with Crippen LogP contribution in [0.1, 0.15) is 36.8 Å². The van der Waals surface area contributed by atoms with E-state index in [9.17, 15) is 0 Å². The molecular formula is C23H30N2O. The summed E-state index contributed by atoms with van der Waals surface area (Å²) >= 11 is 0. The molecule has 2 aliphatic rings. The van der Waals surface area contributed by atoms with Crippen LogP contribution in [-0.4, -0.2) is 44.7 Å². The van der Waals surface area contributed by atoms with Crippen molar-refractivity contribution < 1.29 is 4.74 Å². The van der Waals surface area contributed by atoms with Crippen LogP contribution in [0.2, 0.25) is 0 Å². The quantitative estimate of drug-likeness (QED) is 0.796. The van der Waals surface area contributed by atoms with Crippen LogP contribution in [-0.2, 0) is 0 Å². The van der Waals surface area contributed by atoms with E-state index >= 15 is 0 Å². The van der Waals surface area contributed by atoms with Gasteiger partial charge < -0.3 is 14.5 Å². The lowest BCUT2D eigenvalue weighted by Crippen LogP contribution is -2.38. The summed E-state index contributed by atoms with van der Waals surface area (Å²) < 4.78 is 5.45. The number of rotatable bonds is 5. The number of fused-ring (bicyclic) bond motifs is 1. The van der Waals surface area contributed by atoms with Crippen molar-refractivity contribution in [3.05, 3.63) is 59.7 Å². The molecule has 2 aliphatic heterocycles. The highest BCUT2D eigenvalue weighted by atomic mass is 16.5. The van der Waals surface area contributed by atoms with E-state index in [-0.39, 0.29) is 0 Å². The van der Waals surface area contributed by atoms with Gasteiger partial charge in [0.25, 0.3) is 0 Å². The molecule has 0 bridgehead atoms. The molecule has 3 heteroatoms. The molecule has 0 aromatic heterocycles. The number of ether oxygens (including phenoxy) is 1. The van der Waals surface area contributed by atoms with Gasteiger partial charge >= 0.3 is 0 Å². The van der Waals surface area contributed by atoms with Gasteiger partial charge in [0.1, 0.15) is 5.75 Å². The molecule has 4 rings (SSSR count). The first kappa shape index (κ1) is 17.4. The van der Waals surface area contributed by atoms with E-state index < -0.39 is 0 Å². The summed E-state index contributed by atoms with van der Waals surface area (Å²) in [5.74, 6) is 2.21. The Morgan fingerprint density at radius 1 is 1.04 bits per heavy atom. The lowest BCUT2D eigenvalue weighted by molar-refractivity contribution is 0.194. The SMILES string of the molecule is CCN1CCC(CN2CC(c3cccc(OC)c3)c3ccccc32)CC1. The average Bonchev–Trinajstić information content (AvgIpc) is 3.07. The lowest BCUT2D eigenvalue weighted by Gasteiger charge is -2.34. The summed E-state index contributed by atoms with van der Waals surface area (Å²) in [5, 5.41) is 0. The molecular weight excluding hydrogens is 320 g/mol. The standard InChI is InChI=1S/C23H30N2O/c1-3-24-13-11-18(12-14-24)16-25-17-22(21-9-4-5-10-23(21)25)19-7-6-8-20(15-19)26-2/h4-10,15,18,22H,3,11-14,16-17H2,1-2H3. The molecule has 1 unspecified atom stereocenters. The maximum Gasteiger partial charge on any atom is 0.119 e. The van der Waals surface area contributed by atoms with Gasteiger partial charge in [-0.05, 0) is 67.7 Å². The van der Waals surface area contributed by atoms with E-state index in [1.54, 1.807) is 7.11 Å². The highest BCUT2D eigenvalue weighted by Crippen LogP contribution is 2.41. The monoisotopic (exact) mass is 350 g/mol. The minimum atomic E-state index is 0.442. The Bertz CT molecular complexity index is 736. The van der Waals surface area contributed by atoms with Gasteiger partial charge in [-0.25, -0.2) is 0 Å². The summed E-state index contributed by atoms with van der Waals surface area (Å²) in [5.41, 5.74) is 4.25. The zero-order valence-corrected chi connectivity index (χ0v) is 16.0. The van der Waals surface area contributed by atoms with Gasteiger partial charge in [-0.15, -0.1) is 0 Å². The minimum Gasteiger partial charge on any atom is -0.497 e. The average molecular weight is 351 g/mol. The number of para-hydroxylation sites is 1. The molecule has 1 atom stereocenters. The predicted octanol–water partition coefficient (Wildman–Crippen LogP) is 4.38. The van der Waals surface area contributed by atoms with Crippen molar-refractivity contribution in [2.75, 3.05) is 44.7 Å². The minimum absolute atomic E-state index is 0.442. The first-order chi connectivity index (χ1) is 12.8. The van der Waals surface area contributed by atoms with Crippen LogP contribution < -0.4 is 9.64 Å². The molecule has 26 heavy (non-hydrogen) atoms. The van der Waals surface area contributed by atoms with Crippen LogP contribution in [0.4, 0.5) is 5.69 Å². The van der Waals surface area contributed by atoms with Gasteiger partial charge in [-0.3, -0.25) is 0 Å². The normalized spacial score (nSPS) is 21.0. The fourth-order valence-corrected chi connectivity index (χ4v) is 4.60. The van der Waals surface area contributed by atoms with Gasteiger partial charge in [0.15, 0.2) is 0 Å². The Morgan fingerprint density at radius 2 is 1.85 bits per heavy atom. The summed E-state index contributed by atoms with van der Waals surface area (Å²) in [7, 11) is 1.75. The maximum absolute atomic E-state index is 5.45. The lowest BCUT2D eigenvalue weighted by atomic mass is 9.93. The Morgan fingerprint density at radius 3 is 2.62 bits per heavy atom. The smallest absolute Gasteiger partial charge is 0.119 e. The number of hydrogen-bond acceptors (Lipinski definition) is 3. The summed E-state index contributed by atoms with van der Waals surface area (Å²) in [6.45, 7) is 8.26. The molecule has 0 spiro atoms. The third-order valence-electron chi connectivity index (χ3n) is 6.18. The molecule has 0 radical (unpaired) electrons. The summed E-state index contributed by atoms with van der Waals surface area (Å²) in [4.78, 5) is 5.21. The van der Waals surface area contributed by atoms with Crippen molar-refractivity contribution in [3.63, 3.8) is 0 Å². The number of anilines is 1. The number of methoxy groups -OCH3 is 1. The number of benzene rings is 2. The molecule has 2 heterocycles. The second-order valence-electron chi connectivity index (χ2n) is 7.67. The highest BCUT2D eigenvalue weighted by Gasteiger charge is 2.31. The maximum atomic E-state index is 5.45. The van der Waals surface area contributed by atoms with Crippen LogP contribution in [0.3, 0.4) is 0 Å².